The number of unbranched alkanes of at least 4 members (excludes halogenated alkanes) is 1. The normalized spacial score (nSPS) is 11.8. The minimum atomic E-state index is -1.09. The molecule has 2 rings (SSSR count). The second kappa shape index (κ2) is 8.24. The topological polar surface area (TPSA) is 127 Å². The van der Waals surface area contributed by atoms with E-state index in [-0.39, 0.29) is 11.3 Å². The SMILES string of the molecule is CCCCC(NC(=O)c1cn(C)nc1-c1ccc([N+](=O)[O-])cc1)C(=O)O. The lowest BCUT2D eigenvalue weighted by molar-refractivity contribution is -0.384. The minimum Gasteiger partial charge on any atom is -0.480 e. The van der Waals surface area contributed by atoms with Gasteiger partial charge >= 0.3 is 5.97 Å². The molecule has 1 amide bonds. The number of benzene rings is 1. The van der Waals surface area contributed by atoms with E-state index in [0.29, 0.717) is 24.1 Å². The van der Waals surface area contributed by atoms with Crippen molar-refractivity contribution in [2.75, 3.05) is 0 Å². The highest BCUT2D eigenvalue weighted by molar-refractivity contribution is 6.01. The lowest BCUT2D eigenvalue weighted by Crippen LogP contribution is -2.40. The fourth-order valence-electron chi connectivity index (χ4n) is 2.51. The summed E-state index contributed by atoms with van der Waals surface area (Å²) in [6, 6.07) is 4.68. The van der Waals surface area contributed by atoms with Crippen molar-refractivity contribution >= 4 is 17.6 Å². The first-order valence-corrected chi connectivity index (χ1v) is 8.15. The molecule has 1 aromatic carbocycles. The summed E-state index contributed by atoms with van der Waals surface area (Å²) in [5, 5.41) is 26.8. The molecule has 0 saturated heterocycles. The first-order valence-electron chi connectivity index (χ1n) is 8.15. The van der Waals surface area contributed by atoms with Gasteiger partial charge in [-0.25, -0.2) is 4.79 Å². The molecule has 9 heteroatoms. The number of amides is 1. The molecule has 0 aliphatic rings. The van der Waals surface area contributed by atoms with Crippen LogP contribution in [0.4, 0.5) is 5.69 Å². The Labute approximate surface area is 149 Å². The summed E-state index contributed by atoms with van der Waals surface area (Å²) in [6.07, 6.45) is 3.33. The van der Waals surface area contributed by atoms with Crippen LogP contribution in [0.25, 0.3) is 11.3 Å². The molecule has 9 nitrogen and oxygen atoms in total. The number of nitro groups is 1. The maximum atomic E-state index is 12.6. The summed E-state index contributed by atoms with van der Waals surface area (Å²) < 4.78 is 1.44. The molecular weight excluding hydrogens is 340 g/mol. The molecule has 1 heterocycles. The van der Waals surface area contributed by atoms with Gasteiger partial charge in [0.2, 0.25) is 0 Å². The molecule has 1 atom stereocenters. The van der Waals surface area contributed by atoms with Crippen LogP contribution in [0.15, 0.2) is 30.5 Å². The summed E-state index contributed by atoms with van der Waals surface area (Å²) in [7, 11) is 1.64. The van der Waals surface area contributed by atoms with Crippen molar-refractivity contribution in [1.82, 2.24) is 15.1 Å². The van der Waals surface area contributed by atoms with Gasteiger partial charge in [-0.05, 0) is 18.6 Å². The van der Waals surface area contributed by atoms with Crippen LogP contribution in [0.1, 0.15) is 36.5 Å². The molecule has 1 unspecified atom stereocenters. The van der Waals surface area contributed by atoms with Crippen molar-refractivity contribution < 1.29 is 19.6 Å². The number of carbonyl (C=O) groups is 2. The van der Waals surface area contributed by atoms with E-state index in [1.807, 2.05) is 6.92 Å². The predicted octanol–water partition coefficient (Wildman–Crippen LogP) is 2.37. The fraction of sp³-hybridized carbons (Fsp3) is 0.353. The van der Waals surface area contributed by atoms with E-state index in [2.05, 4.69) is 10.4 Å². The van der Waals surface area contributed by atoms with Gasteiger partial charge in [0, 0.05) is 30.9 Å². The molecular formula is C17H20N4O5. The van der Waals surface area contributed by atoms with E-state index < -0.39 is 22.8 Å². The number of hydrogen-bond acceptors (Lipinski definition) is 5. The molecule has 0 aliphatic carbocycles. The predicted molar refractivity (Wildman–Crippen MR) is 93.7 cm³/mol. The largest absolute Gasteiger partial charge is 0.480 e. The second-order valence-corrected chi connectivity index (χ2v) is 5.88. The fourth-order valence-corrected chi connectivity index (χ4v) is 2.51. The van der Waals surface area contributed by atoms with Crippen molar-refractivity contribution in [1.29, 1.82) is 0 Å². The van der Waals surface area contributed by atoms with E-state index in [1.54, 1.807) is 7.05 Å². The van der Waals surface area contributed by atoms with Gasteiger partial charge in [0.05, 0.1) is 10.5 Å². The first-order chi connectivity index (χ1) is 12.3. The summed E-state index contributed by atoms with van der Waals surface area (Å²) >= 11 is 0. The van der Waals surface area contributed by atoms with Crippen LogP contribution in [0.2, 0.25) is 0 Å². The van der Waals surface area contributed by atoms with Crippen LogP contribution in [0.3, 0.4) is 0 Å². The summed E-state index contributed by atoms with van der Waals surface area (Å²) in [4.78, 5) is 34.2. The van der Waals surface area contributed by atoms with Crippen LogP contribution in [0, 0.1) is 10.1 Å². The molecule has 2 N–H and O–H groups in total. The minimum absolute atomic E-state index is 0.0683. The Morgan fingerprint density at radius 3 is 2.54 bits per heavy atom. The standard InChI is InChI=1S/C17H20N4O5/c1-3-4-5-14(17(23)24)18-16(22)13-10-20(2)19-15(13)11-6-8-12(9-7-11)21(25)26/h6-10,14H,3-5H2,1-2H3,(H,18,22)(H,23,24). The number of nitro benzene ring substituents is 1. The average molecular weight is 360 g/mol. The van der Waals surface area contributed by atoms with Crippen LogP contribution in [-0.4, -0.2) is 37.7 Å². The Morgan fingerprint density at radius 1 is 1.35 bits per heavy atom. The van der Waals surface area contributed by atoms with Gasteiger partial charge in [-0.3, -0.25) is 19.6 Å². The lowest BCUT2D eigenvalue weighted by atomic mass is 10.1. The molecule has 0 fully saturated rings. The number of carboxylic acid groups (broad SMARTS) is 1. The Hall–Kier alpha value is -3.23. The van der Waals surface area contributed by atoms with E-state index >= 15 is 0 Å². The van der Waals surface area contributed by atoms with Gasteiger partial charge in [0.1, 0.15) is 11.7 Å². The van der Waals surface area contributed by atoms with Crippen molar-refractivity contribution in [3.63, 3.8) is 0 Å². The zero-order valence-corrected chi connectivity index (χ0v) is 14.5. The van der Waals surface area contributed by atoms with Gasteiger partial charge in [-0.2, -0.15) is 5.10 Å². The third-order valence-corrected chi connectivity index (χ3v) is 3.87. The Bertz CT molecular complexity index is 813. The van der Waals surface area contributed by atoms with E-state index in [1.165, 1.54) is 35.1 Å². The number of carbonyl (C=O) groups excluding carboxylic acids is 1. The molecule has 0 saturated carbocycles. The smallest absolute Gasteiger partial charge is 0.326 e. The average Bonchev–Trinajstić information content (AvgIpc) is 3.00. The number of aliphatic carboxylic acids is 1. The second-order valence-electron chi connectivity index (χ2n) is 5.88. The summed E-state index contributed by atoms with van der Waals surface area (Å²) in [6.45, 7) is 1.94. The van der Waals surface area contributed by atoms with E-state index in [9.17, 15) is 24.8 Å². The monoisotopic (exact) mass is 360 g/mol. The molecule has 138 valence electrons. The lowest BCUT2D eigenvalue weighted by Gasteiger charge is -2.14. The Morgan fingerprint density at radius 2 is 2.00 bits per heavy atom. The molecule has 0 aliphatic heterocycles. The molecule has 1 aromatic heterocycles. The third-order valence-electron chi connectivity index (χ3n) is 3.87. The molecule has 0 spiro atoms. The summed E-state index contributed by atoms with van der Waals surface area (Å²) in [5.74, 6) is -1.64. The number of rotatable bonds is 8. The van der Waals surface area contributed by atoms with Crippen LogP contribution >= 0.6 is 0 Å². The number of aromatic nitrogens is 2. The number of hydrogen-bond donors (Lipinski definition) is 2. The maximum Gasteiger partial charge on any atom is 0.326 e. The molecule has 0 bridgehead atoms. The van der Waals surface area contributed by atoms with E-state index in [4.69, 9.17) is 0 Å². The maximum absolute atomic E-state index is 12.6. The number of aryl methyl sites for hydroxylation is 1. The Kier molecular flexibility index (Phi) is 6.05. The number of non-ortho nitro benzene ring substituents is 1. The van der Waals surface area contributed by atoms with Gasteiger partial charge < -0.3 is 10.4 Å². The number of carboxylic acids is 1. The zero-order valence-electron chi connectivity index (χ0n) is 14.5. The molecule has 26 heavy (non-hydrogen) atoms. The van der Waals surface area contributed by atoms with Crippen LogP contribution in [0.5, 0.6) is 0 Å². The van der Waals surface area contributed by atoms with Crippen molar-refractivity contribution in [2.24, 2.45) is 7.05 Å². The van der Waals surface area contributed by atoms with Gasteiger partial charge in [0.15, 0.2) is 0 Å². The highest BCUT2D eigenvalue weighted by Gasteiger charge is 2.24. The Balaban J connectivity index is 2.28. The third kappa shape index (κ3) is 4.44. The van der Waals surface area contributed by atoms with Crippen LogP contribution < -0.4 is 5.32 Å². The number of nitrogens with zero attached hydrogens (tertiary/aromatic N) is 3. The zero-order chi connectivity index (χ0) is 19.3. The highest BCUT2D eigenvalue weighted by Crippen LogP contribution is 2.24. The van der Waals surface area contributed by atoms with Crippen molar-refractivity contribution in [2.45, 2.75) is 32.2 Å². The van der Waals surface area contributed by atoms with Gasteiger partial charge in [-0.15, -0.1) is 0 Å². The van der Waals surface area contributed by atoms with Crippen molar-refractivity contribution in [3.8, 4) is 11.3 Å². The quantitative estimate of drug-likeness (QED) is 0.549. The summed E-state index contributed by atoms with van der Waals surface area (Å²) in [5.41, 5.74) is 1.01. The number of nitrogens with one attached hydrogen (secondary N) is 1. The van der Waals surface area contributed by atoms with Gasteiger partial charge in [-0.1, -0.05) is 19.8 Å². The van der Waals surface area contributed by atoms with Crippen LogP contribution in [-0.2, 0) is 11.8 Å². The van der Waals surface area contributed by atoms with Gasteiger partial charge in [0.25, 0.3) is 11.6 Å². The first kappa shape index (κ1) is 19.1. The molecule has 2 aromatic rings. The molecule has 0 radical (unpaired) electrons. The highest BCUT2D eigenvalue weighted by atomic mass is 16.6. The van der Waals surface area contributed by atoms with E-state index in [0.717, 1.165) is 6.42 Å². The van der Waals surface area contributed by atoms with Crippen molar-refractivity contribution in [3.05, 3.63) is 46.1 Å².